The van der Waals surface area contributed by atoms with Gasteiger partial charge in [-0.15, -0.1) is 0 Å². The lowest BCUT2D eigenvalue weighted by atomic mass is 9.97. The molecule has 0 aliphatic carbocycles. The highest BCUT2D eigenvalue weighted by Gasteiger charge is 2.20. The first-order valence-corrected chi connectivity index (χ1v) is 11.1. The Morgan fingerprint density at radius 3 is 2.03 bits per heavy atom. The molecular formula is C27H27N5. The van der Waals surface area contributed by atoms with Crippen molar-refractivity contribution in [2.24, 2.45) is 0 Å². The van der Waals surface area contributed by atoms with Crippen LogP contribution in [0.4, 0.5) is 11.8 Å². The molecule has 2 N–H and O–H groups in total. The summed E-state index contributed by atoms with van der Waals surface area (Å²) in [7, 11) is 0. The highest BCUT2D eigenvalue weighted by molar-refractivity contribution is 5.82. The Labute approximate surface area is 189 Å². The molecule has 1 saturated heterocycles. The second-order valence-electron chi connectivity index (χ2n) is 8.13. The maximum absolute atomic E-state index is 6.16. The molecule has 32 heavy (non-hydrogen) atoms. The van der Waals surface area contributed by atoms with Gasteiger partial charge < -0.3 is 10.6 Å². The Morgan fingerprint density at radius 1 is 0.688 bits per heavy atom. The topological polar surface area (TPSA) is 58.3 Å². The van der Waals surface area contributed by atoms with Crippen molar-refractivity contribution in [3.63, 3.8) is 0 Å². The van der Waals surface area contributed by atoms with E-state index in [-0.39, 0.29) is 0 Å². The number of aromatic nitrogens is 2. The van der Waals surface area contributed by atoms with Gasteiger partial charge in [-0.3, -0.25) is 4.90 Å². The summed E-state index contributed by atoms with van der Waals surface area (Å²) in [6, 6.07) is 31.4. The molecule has 3 aromatic carbocycles. The molecule has 1 aliphatic heterocycles. The van der Waals surface area contributed by atoms with Crippen molar-refractivity contribution in [3.8, 4) is 22.4 Å². The van der Waals surface area contributed by atoms with Gasteiger partial charge in [-0.2, -0.15) is 4.98 Å². The van der Waals surface area contributed by atoms with Gasteiger partial charge in [-0.25, -0.2) is 4.98 Å². The molecule has 5 nitrogen and oxygen atoms in total. The van der Waals surface area contributed by atoms with Crippen molar-refractivity contribution in [2.75, 3.05) is 36.8 Å². The van der Waals surface area contributed by atoms with Gasteiger partial charge in [0.2, 0.25) is 5.95 Å². The lowest BCUT2D eigenvalue weighted by Gasteiger charge is -2.35. The lowest BCUT2D eigenvalue weighted by Crippen LogP contribution is -2.46. The largest absolute Gasteiger partial charge is 0.368 e. The predicted octanol–water partition coefficient (Wildman–Crippen LogP) is 4.72. The van der Waals surface area contributed by atoms with Crippen LogP contribution in [0.25, 0.3) is 22.4 Å². The summed E-state index contributed by atoms with van der Waals surface area (Å²) in [6.45, 7) is 4.81. The van der Waals surface area contributed by atoms with E-state index >= 15 is 0 Å². The summed E-state index contributed by atoms with van der Waals surface area (Å²) in [5, 5.41) is 0. The molecule has 1 fully saturated rings. The summed E-state index contributed by atoms with van der Waals surface area (Å²) in [5.41, 5.74) is 11.7. The molecule has 0 bridgehead atoms. The van der Waals surface area contributed by atoms with E-state index in [0.29, 0.717) is 5.95 Å². The molecule has 0 amide bonds. The molecule has 0 atom stereocenters. The number of anilines is 2. The fraction of sp³-hybridized carbons (Fsp3) is 0.185. The monoisotopic (exact) mass is 421 g/mol. The zero-order valence-electron chi connectivity index (χ0n) is 18.1. The lowest BCUT2D eigenvalue weighted by molar-refractivity contribution is 0.249. The van der Waals surface area contributed by atoms with Crippen LogP contribution in [0.1, 0.15) is 5.56 Å². The molecule has 4 aromatic rings. The number of piperazine rings is 1. The van der Waals surface area contributed by atoms with Crippen LogP contribution in [0.15, 0.2) is 91.0 Å². The van der Waals surface area contributed by atoms with E-state index in [9.17, 15) is 0 Å². The second-order valence-corrected chi connectivity index (χ2v) is 8.13. The number of nitrogen functional groups attached to an aromatic ring is 1. The van der Waals surface area contributed by atoms with Crippen LogP contribution >= 0.6 is 0 Å². The van der Waals surface area contributed by atoms with E-state index in [2.05, 4.69) is 98.6 Å². The summed E-state index contributed by atoms with van der Waals surface area (Å²) in [4.78, 5) is 14.0. The van der Waals surface area contributed by atoms with Gasteiger partial charge in [-0.05, 0) is 16.7 Å². The predicted molar refractivity (Wildman–Crippen MR) is 131 cm³/mol. The van der Waals surface area contributed by atoms with Crippen LogP contribution in [0.3, 0.4) is 0 Å². The number of nitrogens with two attached hydrogens (primary N) is 1. The van der Waals surface area contributed by atoms with Crippen LogP contribution in [0.2, 0.25) is 0 Å². The minimum Gasteiger partial charge on any atom is -0.368 e. The number of nitrogens with zero attached hydrogens (tertiary/aromatic N) is 4. The second kappa shape index (κ2) is 9.20. The van der Waals surface area contributed by atoms with Crippen molar-refractivity contribution in [1.29, 1.82) is 0 Å². The van der Waals surface area contributed by atoms with Crippen molar-refractivity contribution < 1.29 is 0 Å². The van der Waals surface area contributed by atoms with Gasteiger partial charge in [0.25, 0.3) is 0 Å². The molecule has 160 valence electrons. The standard InChI is InChI=1S/C27H27N5/c28-27-29-25(24-14-8-7-13-23(24)22-11-5-2-6-12-22)19-26(30-27)32-17-15-31(16-18-32)20-21-9-3-1-4-10-21/h1-14,19H,15-18,20H2,(H2,28,29,30). The van der Waals surface area contributed by atoms with E-state index in [4.69, 9.17) is 5.73 Å². The quantitative estimate of drug-likeness (QED) is 0.506. The summed E-state index contributed by atoms with van der Waals surface area (Å²) in [5.74, 6) is 1.21. The van der Waals surface area contributed by atoms with Crippen LogP contribution in [-0.4, -0.2) is 41.0 Å². The van der Waals surface area contributed by atoms with Crippen LogP contribution in [0.5, 0.6) is 0 Å². The van der Waals surface area contributed by atoms with Crippen LogP contribution < -0.4 is 10.6 Å². The van der Waals surface area contributed by atoms with Gasteiger partial charge in [0.15, 0.2) is 0 Å². The average molecular weight is 422 g/mol. The van der Waals surface area contributed by atoms with Gasteiger partial charge in [0.1, 0.15) is 5.82 Å². The highest BCUT2D eigenvalue weighted by atomic mass is 15.3. The molecule has 0 saturated carbocycles. The third kappa shape index (κ3) is 4.48. The van der Waals surface area contributed by atoms with E-state index in [0.717, 1.165) is 60.9 Å². The molecule has 2 heterocycles. The van der Waals surface area contributed by atoms with Crippen molar-refractivity contribution >= 4 is 11.8 Å². The Kier molecular flexibility index (Phi) is 5.81. The number of hydrogen-bond donors (Lipinski definition) is 1. The smallest absolute Gasteiger partial charge is 0.222 e. The average Bonchev–Trinajstić information content (AvgIpc) is 2.85. The van der Waals surface area contributed by atoms with Crippen LogP contribution in [0, 0.1) is 0 Å². The molecule has 0 radical (unpaired) electrons. The third-order valence-electron chi connectivity index (χ3n) is 5.96. The zero-order valence-corrected chi connectivity index (χ0v) is 18.1. The first-order valence-electron chi connectivity index (χ1n) is 11.1. The summed E-state index contributed by atoms with van der Waals surface area (Å²) in [6.07, 6.45) is 0. The zero-order chi connectivity index (χ0) is 21.8. The molecule has 5 heteroatoms. The number of hydrogen-bond acceptors (Lipinski definition) is 5. The Bertz CT molecular complexity index is 1170. The van der Waals surface area contributed by atoms with E-state index in [1.165, 1.54) is 5.56 Å². The molecule has 1 aliphatic rings. The normalized spacial score (nSPS) is 14.4. The van der Waals surface area contributed by atoms with Crippen molar-refractivity contribution in [1.82, 2.24) is 14.9 Å². The maximum Gasteiger partial charge on any atom is 0.222 e. The fourth-order valence-electron chi connectivity index (χ4n) is 4.31. The molecular weight excluding hydrogens is 394 g/mol. The molecule has 0 unspecified atom stereocenters. The summed E-state index contributed by atoms with van der Waals surface area (Å²) < 4.78 is 0. The van der Waals surface area contributed by atoms with Crippen molar-refractivity contribution in [3.05, 3.63) is 96.6 Å². The Morgan fingerprint density at radius 2 is 1.31 bits per heavy atom. The van der Waals surface area contributed by atoms with Gasteiger partial charge in [-0.1, -0.05) is 84.9 Å². The Hall–Kier alpha value is -3.70. The minimum absolute atomic E-state index is 0.312. The first kappa shape index (κ1) is 20.2. The first-order chi connectivity index (χ1) is 15.8. The van der Waals surface area contributed by atoms with Gasteiger partial charge in [0, 0.05) is 44.4 Å². The van der Waals surface area contributed by atoms with Crippen LogP contribution in [-0.2, 0) is 6.54 Å². The van der Waals surface area contributed by atoms with Gasteiger partial charge >= 0.3 is 0 Å². The molecule has 1 aromatic heterocycles. The van der Waals surface area contributed by atoms with Gasteiger partial charge in [0.05, 0.1) is 5.69 Å². The summed E-state index contributed by atoms with van der Waals surface area (Å²) >= 11 is 0. The van der Waals surface area contributed by atoms with Crippen molar-refractivity contribution in [2.45, 2.75) is 6.54 Å². The Balaban J connectivity index is 1.37. The van der Waals surface area contributed by atoms with E-state index in [1.54, 1.807) is 0 Å². The molecule has 0 spiro atoms. The fourth-order valence-corrected chi connectivity index (χ4v) is 4.31. The number of benzene rings is 3. The van der Waals surface area contributed by atoms with E-state index < -0.39 is 0 Å². The van der Waals surface area contributed by atoms with E-state index in [1.807, 2.05) is 12.1 Å². The molecule has 5 rings (SSSR count). The maximum atomic E-state index is 6.16. The number of rotatable bonds is 5. The third-order valence-corrected chi connectivity index (χ3v) is 5.96. The minimum atomic E-state index is 0.312. The highest BCUT2D eigenvalue weighted by Crippen LogP contribution is 2.32. The SMILES string of the molecule is Nc1nc(-c2ccccc2-c2ccccc2)cc(N2CCN(Cc3ccccc3)CC2)n1.